The van der Waals surface area contributed by atoms with Gasteiger partial charge < -0.3 is 48.5 Å². The van der Waals surface area contributed by atoms with Crippen LogP contribution >= 0.6 is 15.9 Å². The van der Waals surface area contributed by atoms with E-state index in [4.69, 9.17) is 9.47 Å². The number of nitrogens with one attached hydrogen (secondary N) is 2. The quantitative estimate of drug-likeness (QED) is 0.147. The molecule has 4 aliphatic heterocycles. The first-order valence-electron chi connectivity index (χ1n) is 34.5. The molecule has 0 spiro atoms. The second-order valence-electron chi connectivity index (χ2n) is 25.0. The average molecular weight is 1520 g/mol. The van der Waals surface area contributed by atoms with E-state index in [1.165, 1.54) is 52.2 Å². The summed E-state index contributed by atoms with van der Waals surface area (Å²) >= 11 is 3.33. The fourth-order valence-corrected chi connectivity index (χ4v) is 10.0. The molecular weight excluding hydrogens is 1410 g/mol. The number of aromatic nitrogens is 13. The van der Waals surface area contributed by atoms with Gasteiger partial charge >= 0.3 is 12.1 Å². The molecule has 0 bridgehead atoms. The van der Waals surface area contributed by atoms with Crippen LogP contribution in [0.2, 0.25) is 0 Å². The van der Waals surface area contributed by atoms with Gasteiger partial charge in [-0.25, -0.2) is 19.6 Å². The zero-order valence-corrected chi connectivity index (χ0v) is 67.3. The molecule has 3 saturated heterocycles. The average Bonchev–Trinajstić information content (AvgIpc) is 1.66. The zero-order valence-electron chi connectivity index (χ0n) is 65.7. The van der Waals surface area contributed by atoms with Gasteiger partial charge in [0.05, 0.1) is 34.8 Å². The van der Waals surface area contributed by atoms with Gasteiger partial charge in [0.25, 0.3) is 23.9 Å². The Morgan fingerprint density at radius 1 is 0.613 bits per heavy atom. The largest absolute Gasteiger partial charge is 0.461 e. The molecule has 3 unspecified atom stereocenters. The van der Waals surface area contributed by atoms with Crippen LogP contribution < -0.4 is 15.4 Å². The second kappa shape index (κ2) is 44.7. The van der Waals surface area contributed by atoms with Crippen LogP contribution in [0.4, 0.5) is 9.59 Å². The molecule has 28 nitrogen and oxygen atoms in total. The molecule has 0 radical (unpaired) electrons. The lowest BCUT2D eigenvalue weighted by Crippen LogP contribution is -2.39. The van der Waals surface area contributed by atoms with Gasteiger partial charge in [-0.1, -0.05) is 78.9 Å². The van der Waals surface area contributed by atoms with Crippen molar-refractivity contribution in [1.29, 1.82) is 0 Å². The smallest absolute Gasteiger partial charge is 0.329 e. The van der Waals surface area contributed by atoms with E-state index >= 15 is 0 Å². The number of imide groups is 2. The Balaban J connectivity index is 0.000000250. The van der Waals surface area contributed by atoms with E-state index < -0.39 is 6.23 Å². The van der Waals surface area contributed by atoms with Crippen molar-refractivity contribution in [2.75, 3.05) is 75.1 Å². The minimum Gasteiger partial charge on any atom is -0.461 e. The number of aryl methyl sites for hydroxylation is 13. The number of morpholine rings is 1. The molecule has 11 heterocycles. The van der Waals surface area contributed by atoms with Crippen LogP contribution in [0, 0.1) is 41.5 Å². The first-order chi connectivity index (χ1) is 50.3. The summed E-state index contributed by atoms with van der Waals surface area (Å²) in [7, 11) is 23.8. The normalized spacial score (nSPS) is 15.4. The number of hydrogen-bond acceptors (Lipinski definition) is 16. The highest BCUT2D eigenvalue weighted by Crippen LogP contribution is 2.24. The molecule has 4 aliphatic rings. The Bertz CT molecular complexity index is 4020. The predicted molar refractivity (Wildman–Crippen MR) is 419 cm³/mol. The summed E-state index contributed by atoms with van der Waals surface area (Å²) in [5, 5.41) is 22.3. The van der Waals surface area contributed by atoms with Crippen LogP contribution in [0.3, 0.4) is 0 Å². The van der Waals surface area contributed by atoms with Crippen LogP contribution in [-0.4, -0.2) is 209 Å². The van der Waals surface area contributed by atoms with Gasteiger partial charge in [0.2, 0.25) is 0 Å². The van der Waals surface area contributed by atoms with Crippen molar-refractivity contribution in [3.63, 3.8) is 0 Å². The number of likely N-dealkylation sites (N-methyl/N-ethyl adjacent to an activating group) is 5. The van der Waals surface area contributed by atoms with Gasteiger partial charge in [0.1, 0.15) is 23.8 Å². The maximum absolute atomic E-state index is 11.8. The fraction of sp³-hybridized carbons (Fsp3) is 0.390. The van der Waals surface area contributed by atoms with Gasteiger partial charge in [0.15, 0.2) is 5.82 Å². The number of urea groups is 2. The Morgan fingerprint density at radius 2 is 1.21 bits per heavy atom. The number of para-hydroxylation sites is 1. The van der Waals surface area contributed by atoms with Crippen molar-refractivity contribution in [3.05, 3.63) is 233 Å². The number of hydrogen-bond donors (Lipinski definition) is 2. The summed E-state index contributed by atoms with van der Waals surface area (Å²) in [5.74, 6) is 1.44. The molecule has 14 rings (SSSR count). The van der Waals surface area contributed by atoms with E-state index in [1.807, 2.05) is 188 Å². The van der Waals surface area contributed by atoms with E-state index in [0.717, 1.165) is 69.0 Å². The Labute approximate surface area is 633 Å². The third kappa shape index (κ3) is 28.6. The molecule has 7 amide bonds. The first-order valence-corrected chi connectivity index (χ1v) is 35.3. The maximum atomic E-state index is 11.8. The van der Waals surface area contributed by atoms with Gasteiger partial charge in [-0.05, 0) is 133 Å². The molecule has 2 N–H and O–H groups in total. The number of rotatable bonds is 6. The molecule has 3 atom stereocenters. The van der Waals surface area contributed by atoms with E-state index in [-0.39, 0.29) is 35.8 Å². The number of nitrogens with zero attached hydrogens (tertiary/aromatic N) is 19. The van der Waals surface area contributed by atoms with Gasteiger partial charge in [0, 0.05) is 188 Å². The summed E-state index contributed by atoms with van der Waals surface area (Å²) in [6.07, 6.45) is 16.3. The molecule has 0 aliphatic carbocycles. The van der Waals surface area contributed by atoms with Crippen LogP contribution in [-0.2, 0) is 63.7 Å². The monoisotopic (exact) mass is 1520 g/mol. The van der Waals surface area contributed by atoms with Crippen LogP contribution in [0.15, 0.2) is 187 Å². The zero-order chi connectivity index (χ0) is 78.7. The lowest BCUT2D eigenvalue weighted by molar-refractivity contribution is -0.134. The van der Waals surface area contributed by atoms with Crippen molar-refractivity contribution in [1.82, 2.24) is 103 Å². The number of halogens is 1. The molecule has 572 valence electrons. The third-order valence-electron chi connectivity index (χ3n) is 16.6. The summed E-state index contributed by atoms with van der Waals surface area (Å²) in [5.41, 5.74) is 10.5. The minimum absolute atomic E-state index is 0.132. The highest BCUT2D eigenvalue weighted by molar-refractivity contribution is 9.10. The standard InChI is InChI=1S/C12H14N2O3.C11H14N2.C10H10N2.C6H9N3O.C6H10N2O2.C6H10N2.C6H9N.C5H7BrN2.2C5H8N2.C5H11NO/c1-3-14-11(10(15)13(2)12(14)16)17-9-7-5-4-6-8-9;1-9-8-13(2)11(12-9)10-6-4-3-5-7-10;1-12-8-7-10(11-12)9-5-3-2-4-6-9;1-7-6(10)5-8-3-4-9(5)2;1-4-5(9)8(3)6(10)7(4)2;1-5-4-6(2)8(3)7-5;1-6-4-3-5-7(6)2;1-4-5(6)3-8(2)7-4;1-5-6-3-4-7(5)2;1-5-3-4-6-7(5)2;1-6-2-4-7-5-3-6/h4-8,11H,3H2,1-2H3;3-8,11-12H,1-2H3;2-8H,1H3;3-4H,1-2H3,(H,7,10);4H,1-3H3;4H,1-3H3;3-5H,1-2H3;3H,1-2H3;2*3-4H,1-2H3;2-5H2,1H3. The number of allylic oxidation sites excluding steroid dienone is 1. The second-order valence-corrected chi connectivity index (χ2v) is 25.8. The summed E-state index contributed by atoms with van der Waals surface area (Å²) < 4.78 is 24.7. The molecule has 7 aromatic heterocycles. The maximum Gasteiger partial charge on any atom is 0.329 e. The summed E-state index contributed by atoms with van der Waals surface area (Å²) in [6.45, 7) is 22.1. The van der Waals surface area contributed by atoms with Gasteiger partial charge in [-0.15, -0.1) is 0 Å². The Hall–Kier alpha value is -10.9. The molecule has 3 aromatic carbocycles. The van der Waals surface area contributed by atoms with Crippen molar-refractivity contribution < 1.29 is 33.4 Å². The van der Waals surface area contributed by atoms with E-state index in [2.05, 4.69) is 154 Å². The lowest BCUT2D eigenvalue weighted by Gasteiger charge is -2.21. The fourth-order valence-electron chi connectivity index (χ4n) is 9.63. The van der Waals surface area contributed by atoms with Crippen LogP contribution in [0.1, 0.15) is 77.4 Å². The Kier molecular flexibility index (Phi) is 36.9. The first kappa shape index (κ1) is 87.5. The lowest BCUT2D eigenvalue weighted by atomic mass is 10.2. The topological polar surface area (TPSA) is 259 Å². The van der Waals surface area contributed by atoms with E-state index in [9.17, 15) is 24.0 Å². The molecular formula is C77H110BrN21O7. The summed E-state index contributed by atoms with van der Waals surface area (Å²) in [6, 6.07) is 38.9. The predicted octanol–water partition coefficient (Wildman–Crippen LogP) is 10.4. The molecule has 10 aromatic rings. The molecule has 29 heteroatoms. The number of imidazole rings is 2. The number of carbonyl (C=O) groups is 5. The van der Waals surface area contributed by atoms with Crippen LogP contribution in [0.25, 0.3) is 11.3 Å². The molecule has 106 heavy (non-hydrogen) atoms. The Morgan fingerprint density at radius 3 is 1.53 bits per heavy atom. The minimum atomic E-state index is -0.847. The van der Waals surface area contributed by atoms with Gasteiger partial charge in [-0.2, -0.15) is 20.4 Å². The van der Waals surface area contributed by atoms with Crippen LogP contribution in [0.5, 0.6) is 5.75 Å². The number of benzene rings is 3. The molecule has 3 fully saturated rings. The van der Waals surface area contributed by atoms with E-state index in [0.29, 0.717) is 24.3 Å². The highest BCUT2D eigenvalue weighted by atomic mass is 79.9. The van der Waals surface area contributed by atoms with Crippen molar-refractivity contribution in [2.24, 2.45) is 49.3 Å². The number of carbonyl (C=O) groups excluding carboxylic acids is 5. The summed E-state index contributed by atoms with van der Waals surface area (Å²) in [4.78, 5) is 73.7. The number of amides is 7. The van der Waals surface area contributed by atoms with E-state index in [1.54, 1.807) is 74.2 Å². The van der Waals surface area contributed by atoms with Gasteiger partial charge in [-0.3, -0.25) is 47.8 Å². The van der Waals surface area contributed by atoms with Crippen molar-refractivity contribution >= 4 is 45.7 Å². The number of ether oxygens (including phenoxy) is 2. The van der Waals surface area contributed by atoms with Crippen molar-refractivity contribution in [3.8, 4) is 17.0 Å². The highest BCUT2D eigenvalue weighted by Gasteiger charge is 2.44. The SMILES string of the molecule is CC1=CN(C)C(c2ccccc2)N1.CC1C(=O)N(C)C(=O)N1C.CCN1C(=O)N(C)C(=O)C1Oc1ccccc1.CN1CCOCC1.CNC(=O)c1nccn1C.Cc1cc(C)n(C)n1.Cc1cccn1C.Cc1ccnn1C.Cc1nccn1C.Cc1nn(C)cc1Br.Cn1ccc(-c2ccccc2)n1. The molecule has 0 saturated carbocycles. The third-order valence-corrected chi connectivity index (χ3v) is 17.4. The van der Waals surface area contributed by atoms with Crippen molar-refractivity contribution in [2.45, 2.75) is 80.7 Å².